The Hall–Kier alpha value is -2.12. The van der Waals surface area contributed by atoms with E-state index in [2.05, 4.69) is 0 Å². The fourth-order valence-corrected chi connectivity index (χ4v) is 1.93. The van der Waals surface area contributed by atoms with E-state index >= 15 is 0 Å². The van der Waals surface area contributed by atoms with E-state index in [4.69, 9.17) is 0 Å². The van der Waals surface area contributed by atoms with Crippen LogP contribution in [0, 0.1) is 11.6 Å². The molecule has 1 aromatic carbocycles. The Kier molecular flexibility index (Phi) is 3.41. The molecule has 0 radical (unpaired) electrons. The van der Waals surface area contributed by atoms with E-state index < -0.39 is 35.2 Å². The molecule has 0 fully saturated rings. The molecule has 3 nitrogen and oxygen atoms in total. The fourth-order valence-electron chi connectivity index (χ4n) is 1.93. The molecule has 1 aliphatic carbocycles. The number of hydrogen-bond donors (Lipinski definition) is 2. The number of alkyl halides is 3. The number of halogens is 5. The van der Waals surface area contributed by atoms with Gasteiger partial charge in [-0.3, -0.25) is 4.79 Å². The summed E-state index contributed by atoms with van der Waals surface area (Å²) >= 11 is 0. The molecule has 1 aromatic rings. The average molecular weight is 293 g/mol. The van der Waals surface area contributed by atoms with Gasteiger partial charge in [-0.15, -0.1) is 0 Å². The van der Waals surface area contributed by atoms with Crippen LogP contribution in [0.5, 0.6) is 0 Å². The third kappa shape index (κ3) is 2.59. The smallest absolute Gasteiger partial charge is 0.471 e. The van der Waals surface area contributed by atoms with Crippen LogP contribution in [-0.2, 0) is 11.2 Å². The normalized spacial score (nSPS) is 15.1. The molecule has 2 rings (SSSR count). The van der Waals surface area contributed by atoms with Gasteiger partial charge in [0.1, 0.15) is 17.4 Å². The highest BCUT2D eigenvalue weighted by Crippen LogP contribution is 2.31. The Morgan fingerprint density at radius 3 is 2.45 bits per heavy atom. The number of amides is 1. The van der Waals surface area contributed by atoms with E-state index in [1.54, 1.807) is 0 Å². The molecule has 0 aliphatic heterocycles. The molecular weight excluding hydrogens is 285 g/mol. The van der Waals surface area contributed by atoms with E-state index in [1.165, 1.54) is 5.32 Å². The Labute approximate surface area is 109 Å². The monoisotopic (exact) mass is 293 g/mol. The van der Waals surface area contributed by atoms with E-state index in [0.717, 1.165) is 6.07 Å². The number of rotatable bonds is 1. The molecule has 0 saturated heterocycles. The highest BCUT2D eigenvalue weighted by molar-refractivity contribution is 5.85. The van der Waals surface area contributed by atoms with Gasteiger partial charge in [0, 0.05) is 11.6 Å². The summed E-state index contributed by atoms with van der Waals surface area (Å²) < 4.78 is 62.9. The van der Waals surface area contributed by atoms with Gasteiger partial charge in [0.05, 0.1) is 5.70 Å². The number of aliphatic hydroxyl groups excluding tert-OH is 1. The Morgan fingerprint density at radius 2 is 1.85 bits per heavy atom. The van der Waals surface area contributed by atoms with E-state index in [9.17, 15) is 31.9 Å². The lowest BCUT2D eigenvalue weighted by Gasteiger charge is -2.21. The van der Waals surface area contributed by atoms with Crippen molar-refractivity contribution in [3.63, 3.8) is 0 Å². The molecule has 0 saturated carbocycles. The first kappa shape index (κ1) is 14.3. The number of benzene rings is 1. The summed E-state index contributed by atoms with van der Waals surface area (Å²) in [6, 6.07) is 1.41. The number of carbonyl (C=O) groups excluding carboxylic acids is 1. The zero-order valence-electron chi connectivity index (χ0n) is 9.81. The second kappa shape index (κ2) is 4.77. The fraction of sp³-hybridized carbons (Fsp3) is 0.250. The van der Waals surface area contributed by atoms with Gasteiger partial charge in [0.15, 0.2) is 0 Å². The highest BCUT2D eigenvalue weighted by Gasteiger charge is 2.39. The second-order valence-corrected chi connectivity index (χ2v) is 4.19. The molecule has 2 N–H and O–H groups in total. The second-order valence-electron chi connectivity index (χ2n) is 4.19. The molecule has 0 bridgehead atoms. The minimum absolute atomic E-state index is 0.00564. The lowest BCUT2D eigenvalue weighted by Crippen LogP contribution is -2.37. The van der Waals surface area contributed by atoms with E-state index in [0.29, 0.717) is 6.07 Å². The predicted octanol–water partition coefficient (Wildman–Crippen LogP) is 2.82. The summed E-state index contributed by atoms with van der Waals surface area (Å²) in [5.74, 6) is -4.88. The van der Waals surface area contributed by atoms with Crippen LogP contribution in [0.1, 0.15) is 17.5 Å². The van der Waals surface area contributed by atoms with Gasteiger partial charge in [-0.1, -0.05) is 0 Å². The van der Waals surface area contributed by atoms with Gasteiger partial charge in [-0.05, 0) is 24.5 Å². The molecule has 1 amide bonds. The van der Waals surface area contributed by atoms with Crippen LogP contribution in [-0.4, -0.2) is 17.2 Å². The van der Waals surface area contributed by atoms with E-state index in [1.807, 2.05) is 0 Å². The standard InChI is InChI=1S/C12H8F5NO2/c13-5-3-7-6(8(14)4-5)1-2-9(10(7)19)18-11(20)12(15,16)17/h3-4,19H,1-2H2,(H,18,20). The minimum atomic E-state index is -5.11. The maximum absolute atomic E-state index is 13.4. The van der Waals surface area contributed by atoms with Gasteiger partial charge >= 0.3 is 12.1 Å². The third-order valence-corrected chi connectivity index (χ3v) is 2.85. The Bertz CT molecular complexity index is 607. The van der Waals surface area contributed by atoms with E-state index in [-0.39, 0.29) is 24.0 Å². The SMILES string of the molecule is O=C(NC1=C(O)c2cc(F)cc(F)c2CC1)C(F)(F)F. The first-order valence-electron chi connectivity index (χ1n) is 5.48. The molecule has 8 heteroatoms. The summed E-state index contributed by atoms with van der Waals surface area (Å²) in [5.41, 5.74) is -0.676. The largest absolute Gasteiger partial charge is 0.505 e. The van der Waals surface area contributed by atoms with Crippen molar-refractivity contribution >= 4 is 11.7 Å². The van der Waals surface area contributed by atoms with Crippen LogP contribution in [0.25, 0.3) is 5.76 Å². The minimum Gasteiger partial charge on any atom is -0.505 e. The van der Waals surface area contributed by atoms with Crippen molar-refractivity contribution < 1.29 is 31.9 Å². The molecule has 108 valence electrons. The predicted molar refractivity (Wildman–Crippen MR) is 58.4 cm³/mol. The van der Waals surface area contributed by atoms with Gasteiger partial charge in [-0.2, -0.15) is 13.2 Å². The van der Waals surface area contributed by atoms with Crippen LogP contribution in [0.15, 0.2) is 17.8 Å². The average Bonchev–Trinajstić information content (AvgIpc) is 2.32. The topological polar surface area (TPSA) is 49.3 Å². The van der Waals surface area contributed by atoms with Gasteiger partial charge in [0.25, 0.3) is 0 Å². The lowest BCUT2D eigenvalue weighted by atomic mass is 9.93. The third-order valence-electron chi connectivity index (χ3n) is 2.85. The summed E-state index contributed by atoms with van der Waals surface area (Å²) in [5, 5.41) is 11.3. The van der Waals surface area contributed by atoms with Crippen molar-refractivity contribution in [2.45, 2.75) is 19.0 Å². The van der Waals surface area contributed by atoms with Crippen molar-refractivity contribution in [3.05, 3.63) is 40.6 Å². The molecule has 1 aliphatic rings. The Morgan fingerprint density at radius 1 is 1.20 bits per heavy atom. The Balaban J connectivity index is 2.39. The first-order valence-corrected chi connectivity index (χ1v) is 5.48. The van der Waals surface area contributed by atoms with Crippen LogP contribution in [0.2, 0.25) is 0 Å². The van der Waals surface area contributed by atoms with Gasteiger partial charge < -0.3 is 10.4 Å². The number of carbonyl (C=O) groups is 1. The molecule has 0 spiro atoms. The zero-order chi connectivity index (χ0) is 15.1. The zero-order valence-corrected chi connectivity index (χ0v) is 9.81. The maximum Gasteiger partial charge on any atom is 0.471 e. The van der Waals surface area contributed by atoms with Crippen molar-refractivity contribution in [1.82, 2.24) is 5.32 Å². The van der Waals surface area contributed by atoms with Crippen LogP contribution in [0.4, 0.5) is 22.0 Å². The van der Waals surface area contributed by atoms with Crippen LogP contribution < -0.4 is 5.32 Å². The maximum atomic E-state index is 13.4. The summed E-state index contributed by atoms with van der Waals surface area (Å²) in [4.78, 5) is 10.8. The number of hydrogen-bond acceptors (Lipinski definition) is 2. The lowest BCUT2D eigenvalue weighted by molar-refractivity contribution is -0.172. The number of fused-ring (bicyclic) bond motifs is 1. The molecule has 0 aromatic heterocycles. The summed E-state index contributed by atoms with van der Waals surface area (Å²) in [6.07, 6.45) is -5.36. The highest BCUT2D eigenvalue weighted by atomic mass is 19.4. The number of aliphatic hydroxyl groups is 1. The molecule has 20 heavy (non-hydrogen) atoms. The first-order chi connectivity index (χ1) is 9.20. The summed E-state index contributed by atoms with van der Waals surface area (Å²) in [7, 11) is 0. The number of nitrogens with one attached hydrogen (secondary N) is 1. The summed E-state index contributed by atoms with van der Waals surface area (Å²) in [6.45, 7) is 0. The van der Waals surface area contributed by atoms with Crippen LogP contribution in [0.3, 0.4) is 0 Å². The van der Waals surface area contributed by atoms with Crippen molar-refractivity contribution in [1.29, 1.82) is 0 Å². The van der Waals surface area contributed by atoms with Crippen molar-refractivity contribution in [2.75, 3.05) is 0 Å². The number of allylic oxidation sites excluding steroid dienone is 1. The molecule has 0 heterocycles. The molecule has 0 unspecified atom stereocenters. The van der Waals surface area contributed by atoms with Gasteiger partial charge in [0.2, 0.25) is 0 Å². The quantitative estimate of drug-likeness (QED) is 0.782. The van der Waals surface area contributed by atoms with Crippen molar-refractivity contribution in [2.24, 2.45) is 0 Å². The van der Waals surface area contributed by atoms with Crippen molar-refractivity contribution in [3.8, 4) is 0 Å². The van der Waals surface area contributed by atoms with Gasteiger partial charge in [-0.25, -0.2) is 8.78 Å². The van der Waals surface area contributed by atoms with Crippen LogP contribution >= 0.6 is 0 Å². The molecule has 0 atom stereocenters. The molecular formula is C12H8F5NO2.